The molecular weight excluding hydrogens is 380 g/mol. The summed E-state index contributed by atoms with van der Waals surface area (Å²) in [5.74, 6) is 1.18. The molecule has 0 aliphatic rings. The van der Waals surface area contributed by atoms with Crippen LogP contribution in [0.1, 0.15) is 10.4 Å². The van der Waals surface area contributed by atoms with Crippen LogP contribution in [0.5, 0.6) is 0 Å². The Kier molecular flexibility index (Phi) is 5.39. The molecule has 0 heterocycles. The smallest absolute Gasteiger partial charge is 0.337 e. The van der Waals surface area contributed by atoms with Gasteiger partial charge >= 0.3 is 12.0 Å². The molecule has 2 amide bonds. The van der Waals surface area contributed by atoms with Crippen LogP contribution < -0.4 is 5.32 Å². The summed E-state index contributed by atoms with van der Waals surface area (Å²) >= 11 is 6.41. The third-order valence-electron chi connectivity index (χ3n) is 2.19. The van der Waals surface area contributed by atoms with Gasteiger partial charge in [-0.1, -0.05) is 21.9 Å². The first-order valence-corrected chi connectivity index (χ1v) is 6.63. The van der Waals surface area contributed by atoms with Crippen LogP contribution in [0.4, 0.5) is 10.5 Å². The number of rotatable bonds is 3. The summed E-state index contributed by atoms with van der Waals surface area (Å²) < 4.78 is 1.05. The summed E-state index contributed by atoms with van der Waals surface area (Å²) in [7, 11) is 1.52. The van der Waals surface area contributed by atoms with E-state index in [4.69, 9.17) is 11.5 Å². The lowest BCUT2D eigenvalue weighted by Crippen LogP contribution is -2.32. The molecular formula is C12H10Br2N2O3. The Morgan fingerprint density at radius 1 is 1.47 bits per heavy atom. The third-order valence-corrected chi connectivity index (χ3v) is 3.28. The maximum Gasteiger partial charge on any atom is 0.337 e. The van der Waals surface area contributed by atoms with Crippen molar-refractivity contribution in [2.45, 2.75) is 0 Å². The number of carbonyl (C=O) groups excluding carboxylic acids is 1. The van der Waals surface area contributed by atoms with Crippen molar-refractivity contribution >= 4 is 49.5 Å². The maximum atomic E-state index is 11.8. The highest BCUT2D eigenvalue weighted by Gasteiger charge is 2.18. The van der Waals surface area contributed by atoms with Gasteiger partial charge in [-0.25, -0.2) is 9.59 Å². The van der Waals surface area contributed by atoms with Crippen LogP contribution in [0.15, 0.2) is 21.1 Å². The summed E-state index contributed by atoms with van der Waals surface area (Å²) in [5.41, 5.74) is 0.160. The minimum Gasteiger partial charge on any atom is -0.478 e. The Bertz CT molecular complexity index is 567. The van der Waals surface area contributed by atoms with Crippen molar-refractivity contribution in [2.24, 2.45) is 0 Å². The van der Waals surface area contributed by atoms with Crippen molar-refractivity contribution in [1.29, 1.82) is 0 Å². The summed E-state index contributed by atoms with van der Waals surface area (Å²) in [6, 6.07) is 2.57. The highest BCUT2D eigenvalue weighted by Crippen LogP contribution is 2.31. The number of nitrogens with one attached hydrogen (secondary N) is 1. The van der Waals surface area contributed by atoms with E-state index in [1.807, 2.05) is 0 Å². The largest absolute Gasteiger partial charge is 0.478 e. The van der Waals surface area contributed by atoms with E-state index >= 15 is 0 Å². The number of carboxylic acid groups (broad SMARTS) is 1. The van der Waals surface area contributed by atoms with Gasteiger partial charge in [-0.3, -0.25) is 0 Å². The van der Waals surface area contributed by atoms with Gasteiger partial charge in [0, 0.05) is 16.0 Å². The molecule has 1 rings (SSSR count). The topological polar surface area (TPSA) is 69.6 Å². The van der Waals surface area contributed by atoms with E-state index < -0.39 is 12.0 Å². The quantitative estimate of drug-likeness (QED) is 0.780. The van der Waals surface area contributed by atoms with Gasteiger partial charge in [0.15, 0.2) is 0 Å². The van der Waals surface area contributed by atoms with Gasteiger partial charge in [-0.15, -0.1) is 6.42 Å². The molecule has 1 aromatic rings. The van der Waals surface area contributed by atoms with E-state index in [0.717, 1.165) is 0 Å². The van der Waals surface area contributed by atoms with E-state index in [-0.39, 0.29) is 17.8 Å². The normalized spacial score (nSPS) is 9.58. The molecule has 0 radical (unpaired) electrons. The Labute approximate surface area is 127 Å². The fraction of sp³-hybridized carbons (Fsp3) is 0.167. The first kappa shape index (κ1) is 15.5. The second-order valence-electron chi connectivity index (χ2n) is 3.61. The second kappa shape index (κ2) is 6.59. The molecule has 0 saturated carbocycles. The van der Waals surface area contributed by atoms with Gasteiger partial charge in [-0.2, -0.15) is 0 Å². The van der Waals surface area contributed by atoms with E-state index in [2.05, 4.69) is 43.1 Å². The molecule has 0 aliphatic heterocycles. The number of amides is 2. The molecule has 0 atom stereocenters. The fourth-order valence-electron chi connectivity index (χ4n) is 1.28. The van der Waals surface area contributed by atoms with Gasteiger partial charge < -0.3 is 15.3 Å². The van der Waals surface area contributed by atoms with E-state index in [9.17, 15) is 9.59 Å². The number of terminal acetylenes is 1. The number of nitrogens with zero attached hydrogens (tertiary/aromatic N) is 1. The number of carbonyl (C=O) groups is 2. The molecule has 100 valence electrons. The van der Waals surface area contributed by atoms with Crippen molar-refractivity contribution in [3.8, 4) is 12.3 Å². The molecule has 0 unspecified atom stereocenters. The molecule has 0 aromatic heterocycles. The van der Waals surface area contributed by atoms with Gasteiger partial charge in [0.1, 0.15) is 0 Å². The van der Waals surface area contributed by atoms with Crippen LogP contribution in [-0.4, -0.2) is 35.6 Å². The molecule has 0 fully saturated rings. The zero-order valence-corrected chi connectivity index (χ0v) is 13.1. The monoisotopic (exact) mass is 388 g/mol. The number of anilines is 1. The Morgan fingerprint density at radius 3 is 2.63 bits per heavy atom. The zero-order chi connectivity index (χ0) is 14.6. The minimum absolute atomic E-state index is 0.0243. The minimum atomic E-state index is -1.14. The first-order valence-electron chi connectivity index (χ1n) is 5.04. The number of hydrogen-bond donors (Lipinski definition) is 2. The zero-order valence-electron chi connectivity index (χ0n) is 9.91. The standard InChI is InChI=1S/C12H10Br2N2O3/c1-3-4-16(2)12(19)15-10-8(11(17)18)5-7(13)6-9(10)14/h1,5-6H,4H2,2H3,(H,15,19)(H,17,18). The van der Waals surface area contributed by atoms with Crippen LogP contribution in [0.2, 0.25) is 0 Å². The predicted octanol–water partition coefficient (Wildman–Crippen LogP) is 3.01. The lowest BCUT2D eigenvalue weighted by atomic mass is 10.2. The van der Waals surface area contributed by atoms with E-state index in [0.29, 0.717) is 8.95 Å². The lowest BCUT2D eigenvalue weighted by molar-refractivity contribution is 0.0698. The van der Waals surface area contributed by atoms with Crippen LogP contribution in [0.25, 0.3) is 0 Å². The number of hydrogen-bond acceptors (Lipinski definition) is 2. The van der Waals surface area contributed by atoms with Crippen LogP contribution in [0.3, 0.4) is 0 Å². The predicted molar refractivity (Wildman–Crippen MR) is 79.3 cm³/mol. The number of carboxylic acids is 1. The molecule has 5 nitrogen and oxygen atoms in total. The SMILES string of the molecule is C#CCN(C)C(=O)Nc1c(Br)cc(Br)cc1C(=O)O. The average molecular weight is 390 g/mol. The molecule has 1 aromatic carbocycles. The van der Waals surface area contributed by atoms with Crippen LogP contribution >= 0.6 is 31.9 Å². The van der Waals surface area contributed by atoms with Crippen molar-refractivity contribution < 1.29 is 14.7 Å². The average Bonchev–Trinajstić information content (AvgIpc) is 2.32. The summed E-state index contributed by atoms with van der Waals surface area (Å²) in [4.78, 5) is 24.2. The van der Waals surface area contributed by atoms with Gasteiger partial charge in [0.25, 0.3) is 0 Å². The second-order valence-corrected chi connectivity index (χ2v) is 5.38. The van der Waals surface area contributed by atoms with Crippen molar-refractivity contribution in [3.63, 3.8) is 0 Å². The van der Waals surface area contributed by atoms with Crippen molar-refractivity contribution in [2.75, 3.05) is 18.9 Å². The highest BCUT2D eigenvalue weighted by atomic mass is 79.9. The summed E-state index contributed by atoms with van der Waals surface area (Å²) in [5, 5.41) is 11.6. The van der Waals surface area contributed by atoms with Crippen molar-refractivity contribution in [1.82, 2.24) is 4.90 Å². The van der Waals surface area contributed by atoms with Crippen molar-refractivity contribution in [3.05, 3.63) is 26.6 Å². The van der Waals surface area contributed by atoms with Crippen LogP contribution in [0, 0.1) is 12.3 Å². The Morgan fingerprint density at radius 2 is 2.11 bits per heavy atom. The van der Waals surface area contributed by atoms with Gasteiger partial charge in [0.05, 0.1) is 17.8 Å². The van der Waals surface area contributed by atoms with Gasteiger partial charge in [0.2, 0.25) is 0 Å². The molecule has 7 heteroatoms. The lowest BCUT2D eigenvalue weighted by Gasteiger charge is -2.17. The third kappa shape index (κ3) is 3.98. The molecule has 0 spiro atoms. The Hall–Kier alpha value is -1.52. The molecule has 2 N–H and O–H groups in total. The molecule has 19 heavy (non-hydrogen) atoms. The van der Waals surface area contributed by atoms with Crippen LogP contribution in [-0.2, 0) is 0 Å². The molecule has 0 saturated heterocycles. The summed E-state index contributed by atoms with van der Waals surface area (Å²) in [6.07, 6.45) is 5.11. The number of aromatic carboxylic acids is 1. The maximum absolute atomic E-state index is 11.8. The number of halogens is 2. The molecule has 0 aliphatic carbocycles. The first-order chi connectivity index (χ1) is 8.86. The number of benzene rings is 1. The highest BCUT2D eigenvalue weighted by molar-refractivity contribution is 9.11. The summed E-state index contributed by atoms with van der Waals surface area (Å²) in [6.45, 7) is 0.127. The van der Waals surface area contributed by atoms with E-state index in [1.54, 1.807) is 6.07 Å². The fourth-order valence-corrected chi connectivity index (χ4v) is 2.60. The molecule has 0 bridgehead atoms. The van der Waals surface area contributed by atoms with Gasteiger partial charge in [-0.05, 0) is 28.1 Å². The number of urea groups is 1. The van der Waals surface area contributed by atoms with E-state index in [1.165, 1.54) is 18.0 Å². The Balaban J connectivity index is 3.11.